The number of carbonyl (C=O) groups excluding carboxylic acids is 2. The number of allylic oxidation sites excluding steroid dienone is 2. The molecule has 1 aliphatic carbocycles. The Kier molecular flexibility index (Phi) is 5.38. The molecule has 2 amide bonds. The molecule has 1 saturated carbocycles. The standard InChI is InChI=1S/C25H19BrCl2N4O5/c26-13-29-20(34)24(27)12-18-17(19(25(24,28)21(29)35)14-5-4-8-16(33)11-14)9-10-30-22(36)31(23(37)32(18)30)15-6-2-1-3-7-15/h1-9,11,18-19,33H,10,12-13H2/t18-,19+,24-,25+/m1/s1. The summed E-state index contributed by atoms with van der Waals surface area (Å²) in [6.07, 6.45) is 1.57. The summed E-state index contributed by atoms with van der Waals surface area (Å²) in [7, 11) is 0. The van der Waals surface area contributed by atoms with Gasteiger partial charge in [0.1, 0.15) is 5.75 Å². The van der Waals surface area contributed by atoms with Gasteiger partial charge >= 0.3 is 11.4 Å². The molecule has 3 aromatic rings. The molecule has 12 heteroatoms. The highest BCUT2D eigenvalue weighted by Gasteiger charge is 2.75. The Morgan fingerprint density at radius 2 is 1.70 bits per heavy atom. The average Bonchev–Trinajstić information content (AvgIpc) is 3.22. The highest BCUT2D eigenvalue weighted by Crippen LogP contribution is 2.63. The Labute approximate surface area is 228 Å². The van der Waals surface area contributed by atoms with Gasteiger partial charge in [-0.1, -0.05) is 52.3 Å². The Morgan fingerprint density at radius 1 is 0.973 bits per heavy atom. The molecule has 0 unspecified atom stereocenters. The summed E-state index contributed by atoms with van der Waals surface area (Å²) in [5, 5.41) is 10.2. The number of carbonyl (C=O) groups is 2. The zero-order chi connectivity index (χ0) is 26.3. The molecule has 0 radical (unpaired) electrons. The van der Waals surface area contributed by atoms with Crippen LogP contribution in [-0.4, -0.2) is 51.0 Å². The van der Waals surface area contributed by atoms with Crippen molar-refractivity contribution in [2.75, 3.05) is 5.45 Å². The van der Waals surface area contributed by atoms with Crippen LogP contribution in [-0.2, 0) is 16.1 Å². The number of imide groups is 1. The lowest BCUT2D eigenvalue weighted by atomic mass is 9.64. The number of phenols is 1. The summed E-state index contributed by atoms with van der Waals surface area (Å²) >= 11 is 17.4. The monoisotopic (exact) mass is 604 g/mol. The molecule has 9 nitrogen and oxygen atoms in total. The highest BCUT2D eigenvalue weighted by atomic mass is 79.9. The molecule has 0 spiro atoms. The molecule has 4 atom stereocenters. The maximum Gasteiger partial charge on any atom is 0.352 e. The molecule has 2 aliphatic heterocycles. The van der Waals surface area contributed by atoms with Crippen LogP contribution in [0, 0.1) is 0 Å². The first-order valence-corrected chi connectivity index (χ1v) is 13.3. The number of phenolic OH excluding ortho intramolecular Hbond substituents is 1. The van der Waals surface area contributed by atoms with E-state index in [2.05, 4.69) is 15.9 Å². The molecular formula is C25H19BrCl2N4O5. The van der Waals surface area contributed by atoms with Gasteiger partial charge in [-0.05, 0) is 35.4 Å². The molecular weight excluding hydrogens is 587 g/mol. The van der Waals surface area contributed by atoms with Crippen LogP contribution in [0.1, 0.15) is 23.9 Å². The second kappa shape index (κ2) is 8.21. The number of para-hydroxylation sites is 1. The van der Waals surface area contributed by atoms with Gasteiger partial charge in [-0.3, -0.25) is 14.5 Å². The number of fused-ring (bicyclic) bond motifs is 4. The molecule has 37 heavy (non-hydrogen) atoms. The van der Waals surface area contributed by atoms with Crippen LogP contribution < -0.4 is 11.4 Å². The fraction of sp³-hybridized carbons (Fsp3) is 0.280. The first-order valence-electron chi connectivity index (χ1n) is 11.4. The van der Waals surface area contributed by atoms with Crippen molar-refractivity contribution < 1.29 is 14.7 Å². The van der Waals surface area contributed by atoms with Crippen molar-refractivity contribution in [2.45, 2.75) is 34.7 Å². The number of aromatic nitrogens is 3. The maximum absolute atomic E-state index is 13.7. The van der Waals surface area contributed by atoms with E-state index in [1.807, 2.05) is 0 Å². The van der Waals surface area contributed by atoms with Gasteiger partial charge in [-0.2, -0.15) is 0 Å². The third kappa shape index (κ3) is 3.03. The van der Waals surface area contributed by atoms with Gasteiger partial charge < -0.3 is 5.11 Å². The van der Waals surface area contributed by atoms with Crippen molar-refractivity contribution in [3.63, 3.8) is 0 Å². The third-order valence-electron chi connectivity index (χ3n) is 7.50. The quantitative estimate of drug-likeness (QED) is 0.214. The molecule has 6 rings (SSSR count). The smallest absolute Gasteiger partial charge is 0.352 e. The van der Waals surface area contributed by atoms with Crippen molar-refractivity contribution >= 4 is 50.9 Å². The van der Waals surface area contributed by atoms with E-state index in [9.17, 15) is 24.3 Å². The fourth-order valence-corrected chi connectivity index (χ4v) is 7.30. The van der Waals surface area contributed by atoms with Gasteiger partial charge in [0.15, 0.2) is 9.75 Å². The molecule has 190 valence electrons. The SMILES string of the molecule is O=C1N(CBr)C(=O)[C@@]2(Cl)[C@@H](c3cccc(O)c3)C3=CCn4c(=O)n(-c5ccccc5)c(=O)n4[C@@H]3C[C@@]12Cl. The average molecular weight is 606 g/mol. The van der Waals surface area contributed by atoms with E-state index in [4.69, 9.17) is 23.2 Å². The highest BCUT2D eigenvalue weighted by molar-refractivity contribution is 9.09. The first-order chi connectivity index (χ1) is 17.6. The second-order valence-electron chi connectivity index (χ2n) is 9.29. The lowest BCUT2D eigenvalue weighted by Crippen LogP contribution is -2.59. The lowest BCUT2D eigenvalue weighted by Gasteiger charge is -2.49. The summed E-state index contributed by atoms with van der Waals surface area (Å²) < 4.78 is 3.67. The zero-order valence-corrected chi connectivity index (χ0v) is 22.2. The van der Waals surface area contributed by atoms with Gasteiger partial charge in [0.25, 0.3) is 11.8 Å². The van der Waals surface area contributed by atoms with Crippen LogP contribution >= 0.6 is 39.1 Å². The van der Waals surface area contributed by atoms with Gasteiger partial charge in [0.2, 0.25) is 0 Å². The number of aromatic hydroxyl groups is 1. The van der Waals surface area contributed by atoms with Crippen molar-refractivity contribution in [1.29, 1.82) is 0 Å². The van der Waals surface area contributed by atoms with Gasteiger partial charge in [-0.15, -0.1) is 23.2 Å². The Hall–Kier alpha value is -3.08. The number of benzene rings is 2. The minimum absolute atomic E-state index is 0.0433. The number of alkyl halides is 3. The Bertz CT molecular complexity index is 1630. The maximum atomic E-state index is 13.7. The van der Waals surface area contributed by atoms with Crippen molar-refractivity contribution in [3.8, 4) is 11.4 Å². The third-order valence-corrected chi connectivity index (χ3v) is 9.41. The summed E-state index contributed by atoms with van der Waals surface area (Å²) in [5.74, 6) is -2.38. The van der Waals surface area contributed by atoms with Crippen LogP contribution in [0.3, 0.4) is 0 Å². The summed E-state index contributed by atoms with van der Waals surface area (Å²) in [6.45, 7) is 0.0433. The van der Waals surface area contributed by atoms with Crippen molar-refractivity contribution in [3.05, 3.63) is 92.8 Å². The molecule has 3 heterocycles. The molecule has 0 bridgehead atoms. The van der Waals surface area contributed by atoms with Crippen LogP contribution in [0.5, 0.6) is 5.75 Å². The number of nitrogens with zero attached hydrogens (tertiary/aromatic N) is 4. The lowest BCUT2D eigenvalue weighted by molar-refractivity contribution is -0.138. The number of hydrogen-bond donors (Lipinski definition) is 1. The molecule has 1 saturated heterocycles. The number of likely N-dealkylation sites (tertiary alicyclic amines) is 1. The minimum Gasteiger partial charge on any atom is -0.508 e. The predicted molar refractivity (Wildman–Crippen MR) is 140 cm³/mol. The minimum atomic E-state index is -1.93. The van der Waals surface area contributed by atoms with Crippen LogP contribution in [0.25, 0.3) is 5.69 Å². The summed E-state index contributed by atoms with van der Waals surface area (Å²) in [5.41, 5.74) is 0.180. The Morgan fingerprint density at radius 3 is 2.38 bits per heavy atom. The second-order valence-corrected chi connectivity index (χ2v) is 11.0. The molecule has 3 aliphatic rings. The van der Waals surface area contributed by atoms with Crippen molar-refractivity contribution in [2.24, 2.45) is 0 Å². The van der Waals surface area contributed by atoms with Crippen LogP contribution in [0.15, 0.2) is 75.8 Å². The molecule has 1 N–H and O–H groups in total. The Balaban J connectivity index is 1.62. The summed E-state index contributed by atoms with van der Waals surface area (Å²) in [6, 6.07) is 13.9. The first kappa shape index (κ1) is 24.3. The fourth-order valence-electron chi connectivity index (χ4n) is 5.89. The largest absolute Gasteiger partial charge is 0.508 e. The number of hydrogen-bond acceptors (Lipinski definition) is 5. The van der Waals surface area contributed by atoms with E-state index in [0.29, 0.717) is 16.8 Å². The van der Waals surface area contributed by atoms with Gasteiger partial charge in [0.05, 0.1) is 23.7 Å². The molecule has 1 aromatic heterocycles. The number of halogens is 3. The van der Waals surface area contributed by atoms with E-state index < -0.39 is 44.9 Å². The van der Waals surface area contributed by atoms with E-state index in [0.717, 1.165) is 9.47 Å². The van der Waals surface area contributed by atoms with Gasteiger partial charge in [0, 0.05) is 12.3 Å². The van der Waals surface area contributed by atoms with E-state index in [-0.39, 0.29) is 24.2 Å². The molecule has 2 aromatic carbocycles. The summed E-state index contributed by atoms with van der Waals surface area (Å²) in [4.78, 5) is 51.4. The normalized spacial score (nSPS) is 28.5. The molecule has 2 fully saturated rings. The van der Waals surface area contributed by atoms with E-state index in [1.54, 1.807) is 48.5 Å². The predicted octanol–water partition coefficient (Wildman–Crippen LogP) is 2.85. The number of amides is 2. The van der Waals surface area contributed by atoms with Crippen molar-refractivity contribution in [1.82, 2.24) is 18.8 Å². The van der Waals surface area contributed by atoms with Crippen LogP contribution in [0.2, 0.25) is 0 Å². The number of rotatable bonds is 3. The zero-order valence-electron chi connectivity index (χ0n) is 19.1. The van der Waals surface area contributed by atoms with Crippen LogP contribution in [0.4, 0.5) is 0 Å². The van der Waals surface area contributed by atoms with E-state index >= 15 is 0 Å². The van der Waals surface area contributed by atoms with Gasteiger partial charge in [-0.25, -0.2) is 23.5 Å². The van der Waals surface area contributed by atoms with E-state index in [1.165, 1.54) is 21.5 Å². The topological polar surface area (TPSA) is 107 Å².